The second kappa shape index (κ2) is 4.61. The highest BCUT2D eigenvalue weighted by molar-refractivity contribution is 5.73. The Kier molecular flexibility index (Phi) is 3.72. The van der Waals surface area contributed by atoms with Crippen LogP contribution in [0.5, 0.6) is 0 Å². The van der Waals surface area contributed by atoms with Gasteiger partial charge in [0, 0.05) is 0 Å². The van der Waals surface area contributed by atoms with Gasteiger partial charge in [-0.05, 0) is 32.1 Å². The molecular formula is C10H18O3. The molecule has 0 amide bonds. The van der Waals surface area contributed by atoms with E-state index in [1.54, 1.807) is 0 Å². The second-order valence-electron chi connectivity index (χ2n) is 4.01. The molecule has 3 atom stereocenters. The summed E-state index contributed by atoms with van der Waals surface area (Å²) in [6.45, 7) is 3.61. The van der Waals surface area contributed by atoms with E-state index in [9.17, 15) is 4.79 Å². The average molecular weight is 186 g/mol. The fourth-order valence-electron chi connectivity index (χ4n) is 1.75. The molecule has 0 heterocycles. The molecule has 0 aliphatic heterocycles. The number of aliphatic hydroxyl groups is 1. The number of aliphatic hydroxyl groups excluding tert-OH is 1. The number of hydrogen-bond acceptors (Lipinski definition) is 3. The van der Waals surface area contributed by atoms with Crippen molar-refractivity contribution in [1.82, 2.24) is 0 Å². The van der Waals surface area contributed by atoms with Crippen molar-refractivity contribution in [3.05, 3.63) is 0 Å². The minimum absolute atomic E-state index is 0.0332. The van der Waals surface area contributed by atoms with Crippen LogP contribution in [0.1, 0.15) is 39.5 Å². The zero-order chi connectivity index (χ0) is 9.84. The second-order valence-corrected chi connectivity index (χ2v) is 4.01. The van der Waals surface area contributed by atoms with Crippen molar-refractivity contribution in [2.75, 3.05) is 0 Å². The molecule has 1 aliphatic rings. The van der Waals surface area contributed by atoms with Gasteiger partial charge in [-0.1, -0.05) is 13.3 Å². The molecular weight excluding hydrogens is 168 g/mol. The minimum atomic E-state index is -0.989. The maximum absolute atomic E-state index is 11.0. The van der Waals surface area contributed by atoms with E-state index >= 15 is 0 Å². The SMILES string of the molecule is CC1CCCC(OC(=O)C(C)O)C1. The molecule has 0 aromatic rings. The van der Waals surface area contributed by atoms with Gasteiger partial charge < -0.3 is 9.84 Å². The van der Waals surface area contributed by atoms with Gasteiger partial charge in [-0.3, -0.25) is 0 Å². The Balaban J connectivity index is 2.31. The highest BCUT2D eigenvalue weighted by atomic mass is 16.6. The summed E-state index contributed by atoms with van der Waals surface area (Å²) in [5.74, 6) is 0.152. The Morgan fingerprint density at radius 1 is 1.54 bits per heavy atom. The van der Waals surface area contributed by atoms with Crippen LogP contribution in [0, 0.1) is 5.92 Å². The molecule has 0 spiro atoms. The fraction of sp³-hybridized carbons (Fsp3) is 0.900. The molecule has 3 unspecified atom stereocenters. The van der Waals surface area contributed by atoms with E-state index in [0.29, 0.717) is 5.92 Å². The normalized spacial score (nSPS) is 31.0. The third-order valence-corrected chi connectivity index (χ3v) is 2.51. The molecule has 0 saturated heterocycles. The Morgan fingerprint density at radius 2 is 2.23 bits per heavy atom. The van der Waals surface area contributed by atoms with E-state index in [1.165, 1.54) is 13.3 Å². The smallest absolute Gasteiger partial charge is 0.334 e. The molecule has 1 N–H and O–H groups in total. The Bertz CT molecular complexity index is 177. The molecule has 0 aromatic carbocycles. The summed E-state index contributed by atoms with van der Waals surface area (Å²) in [5.41, 5.74) is 0. The Morgan fingerprint density at radius 3 is 2.77 bits per heavy atom. The summed E-state index contributed by atoms with van der Waals surface area (Å²) in [4.78, 5) is 11.0. The standard InChI is InChI=1S/C10H18O3/c1-7-4-3-5-9(6-7)13-10(12)8(2)11/h7-9,11H,3-6H2,1-2H3. The highest BCUT2D eigenvalue weighted by Crippen LogP contribution is 2.25. The molecule has 0 bridgehead atoms. The summed E-state index contributed by atoms with van der Waals surface area (Å²) < 4.78 is 5.13. The van der Waals surface area contributed by atoms with Crippen LogP contribution in [-0.2, 0) is 9.53 Å². The lowest BCUT2D eigenvalue weighted by molar-refractivity contribution is -0.160. The van der Waals surface area contributed by atoms with E-state index in [4.69, 9.17) is 9.84 Å². The van der Waals surface area contributed by atoms with Gasteiger partial charge >= 0.3 is 5.97 Å². The lowest BCUT2D eigenvalue weighted by Gasteiger charge is -2.26. The highest BCUT2D eigenvalue weighted by Gasteiger charge is 2.23. The number of carbonyl (C=O) groups is 1. The van der Waals surface area contributed by atoms with Gasteiger partial charge in [-0.15, -0.1) is 0 Å². The van der Waals surface area contributed by atoms with Crippen LogP contribution in [-0.4, -0.2) is 23.3 Å². The summed E-state index contributed by atoms with van der Waals surface area (Å²) in [6, 6.07) is 0. The fourth-order valence-corrected chi connectivity index (χ4v) is 1.75. The van der Waals surface area contributed by atoms with Gasteiger partial charge in [-0.25, -0.2) is 4.79 Å². The lowest BCUT2D eigenvalue weighted by Crippen LogP contribution is -2.29. The maximum atomic E-state index is 11.0. The first-order valence-corrected chi connectivity index (χ1v) is 4.98. The van der Waals surface area contributed by atoms with Crippen molar-refractivity contribution in [3.8, 4) is 0 Å². The number of esters is 1. The molecule has 76 valence electrons. The van der Waals surface area contributed by atoms with Crippen LogP contribution < -0.4 is 0 Å². The predicted molar refractivity (Wildman–Crippen MR) is 49.2 cm³/mol. The summed E-state index contributed by atoms with van der Waals surface area (Å²) in [6.07, 6.45) is 3.28. The molecule has 1 saturated carbocycles. The summed E-state index contributed by atoms with van der Waals surface area (Å²) in [5, 5.41) is 8.94. The third-order valence-electron chi connectivity index (χ3n) is 2.51. The van der Waals surface area contributed by atoms with E-state index in [1.807, 2.05) is 0 Å². The monoisotopic (exact) mass is 186 g/mol. The van der Waals surface area contributed by atoms with Crippen LogP contribution in [0.25, 0.3) is 0 Å². The zero-order valence-electron chi connectivity index (χ0n) is 8.32. The molecule has 3 heteroatoms. The van der Waals surface area contributed by atoms with E-state index < -0.39 is 12.1 Å². The van der Waals surface area contributed by atoms with Gasteiger partial charge in [-0.2, -0.15) is 0 Å². The quantitative estimate of drug-likeness (QED) is 0.664. The topological polar surface area (TPSA) is 46.5 Å². The van der Waals surface area contributed by atoms with Crippen LogP contribution in [0.15, 0.2) is 0 Å². The molecule has 0 radical (unpaired) electrons. The van der Waals surface area contributed by atoms with Crippen LogP contribution in [0.3, 0.4) is 0 Å². The summed E-state index contributed by atoms with van der Waals surface area (Å²) in [7, 11) is 0. The predicted octanol–water partition coefficient (Wildman–Crippen LogP) is 1.49. The van der Waals surface area contributed by atoms with Crippen LogP contribution >= 0.6 is 0 Å². The zero-order valence-corrected chi connectivity index (χ0v) is 8.32. The Labute approximate surface area is 79.1 Å². The van der Waals surface area contributed by atoms with Crippen molar-refractivity contribution >= 4 is 5.97 Å². The van der Waals surface area contributed by atoms with Crippen molar-refractivity contribution < 1.29 is 14.6 Å². The van der Waals surface area contributed by atoms with Crippen molar-refractivity contribution in [1.29, 1.82) is 0 Å². The maximum Gasteiger partial charge on any atom is 0.334 e. The minimum Gasteiger partial charge on any atom is -0.460 e. The molecule has 13 heavy (non-hydrogen) atoms. The lowest BCUT2D eigenvalue weighted by atomic mass is 9.89. The van der Waals surface area contributed by atoms with Gasteiger partial charge in [0.2, 0.25) is 0 Å². The Hall–Kier alpha value is -0.570. The molecule has 1 aliphatic carbocycles. The number of hydrogen-bond donors (Lipinski definition) is 1. The van der Waals surface area contributed by atoms with Crippen molar-refractivity contribution in [2.24, 2.45) is 5.92 Å². The third kappa shape index (κ3) is 3.35. The molecule has 0 aromatic heterocycles. The van der Waals surface area contributed by atoms with E-state index in [2.05, 4.69) is 6.92 Å². The first-order chi connectivity index (χ1) is 6.09. The van der Waals surface area contributed by atoms with Gasteiger partial charge in [0.25, 0.3) is 0 Å². The van der Waals surface area contributed by atoms with Crippen LogP contribution in [0.4, 0.5) is 0 Å². The van der Waals surface area contributed by atoms with Gasteiger partial charge in [0.15, 0.2) is 0 Å². The molecule has 1 rings (SSSR count). The first-order valence-electron chi connectivity index (χ1n) is 4.98. The van der Waals surface area contributed by atoms with Crippen molar-refractivity contribution in [2.45, 2.75) is 51.7 Å². The average Bonchev–Trinajstić information content (AvgIpc) is 2.04. The number of ether oxygens (including phenoxy) is 1. The number of rotatable bonds is 2. The molecule has 1 fully saturated rings. The van der Waals surface area contributed by atoms with Crippen LogP contribution in [0.2, 0.25) is 0 Å². The molecule has 3 nitrogen and oxygen atoms in total. The van der Waals surface area contributed by atoms with Gasteiger partial charge in [0.1, 0.15) is 12.2 Å². The van der Waals surface area contributed by atoms with Gasteiger partial charge in [0.05, 0.1) is 0 Å². The summed E-state index contributed by atoms with van der Waals surface area (Å²) >= 11 is 0. The number of carbonyl (C=O) groups excluding carboxylic acids is 1. The van der Waals surface area contributed by atoms with E-state index in [0.717, 1.165) is 19.3 Å². The first kappa shape index (κ1) is 10.5. The van der Waals surface area contributed by atoms with E-state index in [-0.39, 0.29) is 6.10 Å². The largest absolute Gasteiger partial charge is 0.460 e. The van der Waals surface area contributed by atoms with Crippen molar-refractivity contribution in [3.63, 3.8) is 0 Å².